The van der Waals surface area contributed by atoms with Crippen LogP contribution in [0.2, 0.25) is 9.88 Å². The van der Waals surface area contributed by atoms with Gasteiger partial charge in [0.25, 0.3) is 0 Å². The Balaban J connectivity index is 0.000000982. The first kappa shape index (κ1) is 18.2. The zero-order valence-electron chi connectivity index (χ0n) is 12.0. The summed E-state index contributed by atoms with van der Waals surface area (Å²) in [6.45, 7) is 2.88. The predicted octanol–water partition coefficient (Wildman–Crippen LogP) is 1.60. The van der Waals surface area contributed by atoms with Crippen LogP contribution in [-0.2, 0) is 0 Å². The molecular formula is C15H21NO2Sn. The Hall–Kier alpha value is -0.811. The Morgan fingerprint density at radius 3 is 2.21 bits per heavy atom. The molecule has 0 unspecified atom stereocenters. The van der Waals surface area contributed by atoms with Crippen LogP contribution in [0.1, 0.15) is 25.5 Å². The molecule has 0 aromatic heterocycles. The molecule has 0 saturated carbocycles. The van der Waals surface area contributed by atoms with Crippen molar-refractivity contribution in [3.05, 3.63) is 47.7 Å². The van der Waals surface area contributed by atoms with Crippen molar-refractivity contribution in [2.45, 2.75) is 29.8 Å². The Labute approximate surface area is 126 Å². The fourth-order valence-corrected chi connectivity index (χ4v) is 1.46. The Bertz CT molecular complexity index is 398. The van der Waals surface area contributed by atoms with E-state index in [0.717, 1.165) is 5.56 Å². The minimum atomic E-state index is -0.406. The molecule has 0 aliphatic carbocycles. The summed E-state index contributed by atoms with van der Waals surface area (Å²) >= 11 is 0.230. The Kier molecular flexibility index (Phi) is 10.6. The van der Waals surface area contributed by atoms with Crippen molar-refractivity contribution in [2.75, 3.05) is 6.61 Å². The van der Waals surface area contributed by atoms with Crippen LogP contribution < -0.4 is 10.2 Å². The van der Waals surface area contributed by atoms with E-state index in [4.69, 9.17) is 0 Å². The van der Waals surface area contributed by atoms with Gasteiger partial charge in [-0.3, -0.25) is 4.99 Å². The number of rotatable bonds is 4. The molecular weight excluding hydrogens is 345 g/mol. The van der Waals surface area contributed by atoms with Crippen LogP contribution in [0.15, 0.2) is 47.2 Å². The second-order valence-corrected chi connectivity index (χ2v) is 6.97. The van der Waals surface area contributed by atoms with Gasteiger partial charge in [-0.05, 0) is 12.5 Å². The molecule has 3 nitrogen and oxygen atoms in total. The monoisotopic (exact) mass is 367 g/mol. The molecule has 102 valence electrons. The van der Waals surface area contributed by atoms with Crippen molar-refractivity contribution < 1.29 is 10.2 Å². The van der Waals surface area contributed by atoms with Gasteiger partial charge in [-0.15, -0.1) is 12.4 Å². The molecule has 0 heterocycles. The number of hydrogen-bond donors (Lipinski definition) is 0. The van der Waals surface area contributed by atoms with Crippen LogP contribution in [0.5, 0.6) is 0 Å². The van der Waals surface area contributed by atoms with E-state index < -0.39 is 6.04 Å². The molecule has 0 bridgehead atoms. The van der Waals surface area contributed by atoms with Crippen LogP contribution in [0, 0.1) is 0 Å². The van der Waals surface area contributed by atoms with Gasteiger partial charge in [-0.25, -0.2) is 0 Å². The summed E-state index contributed by atoms with van der Waals surface area (Å²) in [4.78, 5) is 8.82. The van der Waals surface area contributed by atoms with Crippen LogP contribution in [-0.4, -0.2) is 33.5 Å². The zero-order chi connectivity index (χ0) is 14.7. The molecule has 0 spiro atoms. The predicted molar refractivity (Wildman–Crippen MR) is 78.4 cm³/mol. The Morgan fingerprint density at radius 2 is 1.79 bits per heavy atom. The fourth-order valence-electron chi connectivity index (χ4n) is 1.46. The molecule has 0 fully saturated rings. The van der Waals surface area contributed by atoms with Crippen molar-refractivity contribution in [3.8, 4) is 0 Å². The van der Waals surface area contributed by atoms with Crippen LogP contribution in [0.25, 0.3) is 0 Å². The molecule has 1 atom stereocenters. The number of allylic oxidation sites excluding steroid dienone is 2. The molecule has 0 saturated heterocycles. The van der Waals surface area contributed by atoms with Gasteiger partial charge in [0, 0.05) is 5.71 Å². The first-order valence-corrected chi connectivity index (χ1v) is 11.9. The summed E-state index contributed by atoms with van der Waals surface area (Å²) in [5.74, 6) is -0.0565. The summed E-state index contributed by atoms with van der Waals surface area (Å²) < 4.78 is 0. The molecule has 19 heavy (non-hydrogen) atoms. The van der Waals surface area contributed by atoms with Crippen molar-refractivity contribution >= 4 is 26.9 Å². The van der Waals surface area contributed by atoms with E-state index in [0.29, 0.717) is 5.71 Å². The van der Waals surface area contributed by atoms with Crippen molar-refractivity contribution in [2.24, 2.45) is 4.99 Å². The van der Waals surface area contributed by atoms with E-state index in [2.05, 4.69) is 14.9 Å². The first-order valence-electron chi connectivity index (χ1n) is 6.16. The maximum absolute atomic E-state index is 11.0. The SMILES string of the molecule is CC(/C=C(/C)[O-])=N[C@H](C[O-])c1ccccc1.[CH3][Sn+2][CH3]. The van der Waals surface area contributed by atoms with Crippen molar-refractivity contribution in [1.82, 2.24) is 0 Å². The van der Waals surface area contributed by atoms with Crippen LogP contribution in [0.4, 0.5) is 0 Å². The summed E-state index contributed by atoms with van der Waals surface area (Å²) in [6, 6.07) is 8.97. The maximum atomic E-state index is 11.0. The number of aliphatic imine (C=N–C) groups is 1. The van der Waals surface area contributed by atoms with Gasteiger partial charge in [-0.2, -0.15) is 0 Å². The average Bonchev–Trinajstić information content (AvgIpc) is 2.37. The summed E-state index contributed by atoms with van der Waals surface area (Å²) in [5.41, 5.74) is 1.48. The third-order valence-corrected chi connectivity index (χ3v) is 2.11. The normalized spacial score (nSPS) is 13.1. The van der Waals surface area contributed by atoms with E-state index in [9.17, 15) is 10.2 Å². The van der Waals surface area contributed by atoms with Crippen molar-refractivity contribution in [3.63, 3.8) is 0 Å². The van der Waals surface area contributed by atoms with Gasteiger partial charge in [0.15, 0.2) is 0 Å². The zero-order valence-corrected chi connectivity index (χ0v) is 14.9. The van der Waals surface area contributed by atoms with Gasteiger partial charge < -0.3 is 10.2 Å². The average molecular weight is 366 g/mol. The topological polar surface area (TPSA) is 58.5 Å². The fraction of sp³-hybridized carbons (Fsp3) is 0.400. The second kappa shape index (κ2) is 11.1. The molecule has 0 radical (unpaired) electrons. The standard InChI is InChI=1S/C13H16NO2.2CH3.Sn/c1-10(8-11(2)16)14-13(9-15)12-6-4-3-5-7-12;;;/h3-8,13,16H,9H2,1-2H3;2*1H3;/q-1;;;+2/p-1/b11-8-,14-10?;;;/t13-;;;/m1.../s1. The number of nitrogens with zero attached hydrogens (tertiary/aromatic N) is 1. The molecule has 0 amide bonds. The van der Waals surface area contributed by atoms with Crippen molar-refractivity contribution in [1.29, 1.82) is 0 Å². The third-order valence-electron chi connectivity index (χ3n) is 2.11. The molecule has 1 aromatic carbocycles. The molecule has 0 aliphatic rings. The van der Waals surface area contributed by atoms with Gasteiger partial charge in [0.1, 0.15) is 0 Å². The second-order valence-electron chi connectivity index (χ2n) is 4.12. The molecule has 1 rings (SSSR count). The van der Waals surface area contributed by atoms with E-state index in [1.165, 1.54) is 13.0 Å². The summed E-state index contributed by atoms with van der Waals surface area (Å²) in [5, 5.41) is 21.9. The number of benzene rings is 1. The Morgan fingerprint density at radius 1 is 1.26 bits per heavy atom. The van der Waals surface area contributed by atoms with E-state index in [1.54, 1.807) is 6.92 Å². The minimum absolute atomic E-state index is 0.0565. The van der Waals surface area contributed by atoms with Crippen LogP contribution in [0.3, 0.4) is 0 Å². The van der Waals surface area contributed by atoms with E-state index >= 15 is 0 Å². The quantitative estimate of drug-likeness (QED) is 0.462. The molecule has 0 N–H and O–H groups in total. The summed E-state index contributed by atoms with van der Waals surface area (Å²) in [7, 11) is 0. The van der Waals surface area contributed by atoms with E-state index in [-0.39, 0.29) is 33.5 Å². The third kappa shape index (κ3) is 8.83. The van der Waals surface area contributed by atoms with Gasteiger partial charge in [0.05, 0.1) is 6.04 Å². The summed E-state index contributed by atoms with van der Waals surface area (Å²) in [6.07, 6.45) is 1.44. The van der Waals surface area contributed by atoms with E-state index in [1.807, 2.05) is 30.3 Å². The molecule has 4 heteroatoms. The van der Waals surface area contributed by atoms with Gasteiger partial charge in [-0.1, -0.05) is 43.3 Å². The number of hydrogen-bond acceptors (Lipinski definition) is 3. The molecule has 0 aliphatic heterocycles. The first-order chi connectivity index (χ1) is 9.04. The van der Waals surface area contributed by atoms with Gasteiger partial charge in [0.2, 0.25) is 0 Å². The van der Waals surface area contributed by atoms with Crippen LogP contribution >= 0.6 is 0 Å². The molecule has 1 aromatic rings. The van der Waals surface area contributed by atoms with Gasteiger partial charge >= 0.3 is 31.0 Å².